The van der Waals surface area contributed by atoms with E-state index in [1.165, 1.54) is 76.4 Å². The van der Waals surface area contributed by atoms with Gasteiger partial charge in [-0.05, 0) is 121 Å². The summed E-state index contributed by atoms with van der Waals surface area (Å²) in [6.07, 6.45) is 0. The molecule has 0 aliphatic heterocycles. The monoisotopic (exact) mass is 864 g/mol. The molecule has 0 saturated carbocycles. The minimum atomic E-state index is 1.07. The Balaban J connectivity index is 1.05. The molecule has 13 aromatic rings. The van der Waals surface area contributed by atoms with Gasteiger partial charge < -0.3 is 9.47 Å². The summed E-state index contributed by atoms with van der Waals surface area (Å²) in [6, 6.07) is 97.7. The first-order valence-electron chi connectivity index (χ1n) is 23.4. The van der Waals surface area contributed by atoms with Crippen LogP contribution in [0.3, 0.4) is 0 Å². The molecule has 0 N–H and O–H groups in total. The minimum Gasteiger partial charge on any atom is -0.309 e. The Morgan fingerprint density at radius 2 is 0.794 bits per heavy atom. The minimum absolute atomic E-state index is 1.07. The van der Waals surface area contributed by atoms with Crippen LogP contribution in [-0.2, 0) is 0 Å². The maximum absolute atomic E-state index is 2.48. The van der Waals surface area contributed by atoms with Crippen molar-refractivity contribution in [2.24, 2.45) is 0 Å². The van der Waals surface area contributed by atoms with Gasteiger partial charge in [-0.25, -0.2) is 0 Å². The largest absolute Gasteiger partial charge is 0.309 e. The number of rotatable bonds is 8. The summed E-state index contributed by atoms with van der Waals surface area (Å²) in [5.41, 5.74) is 16.1. The molecule has 0 saturated heterocycles. The molecular formula is C66H44N2. The summed E-state index contributed by atoms with van der Waals surface area (Å²) in [7, 11) is 0. The number of benzene rings is 12. The highest BCUT2D eigenvalue weighted by Crippen LogP contribution is 2.48. The van der Waals surface area contributed by atoms with E-state index in [-0.39, 0.29) is 0 Å². The van der Waals surface area contributed by atoms with Crippen LogP contribution in [-0.4, -0.2) is 4.57 Å². The molecule has 0 amide bonds. The number of nitrogens with zero attached hydrogens (tertiary/aromatic N) is 2. The standard InChI is InChI=1S/C66H44N2/c1-3-19-45(20-4-1)50-37-40-65(60(41-50)46-21-5-2-6-22-46)67(52-38-35-47(36-39-52)59-43-51-25-9-10-26-53(51)54-27-11-12-28-55(54)59)62-32-16-13-29-56(62)57-30-14-17-33-63(57)68-64-34-18-15-31-58(64)61-42-48-23-7-8-24-49(48)44-66(61)68/h1-44H. The first kappa shape index (κ1) is 39.4. The predicted molar refractivity (Wildman–Crippen MR) is 290 cm³/mol. The van der Waals surface area contributed by atoms with Crippen LogP contribution < -0.4 is 4.90 Å². The molecule has 0 atom stereocenters. The van der Waals surface area contributed by atoms with Crippen LogP contribution in [0.1, 0.15) is 0 Å². The van der Waals surface area contributed by atoms with Crippen molar-refractivity contribution in [1.29, 1.82) is 0 Å². The van der Waals surface area contributed by atoms with E-state index in [0.717, 1.165) is 45.0 Å². The molecule has 0 aliphatic rings. The van der Waals surface area contributed by atoms with Gasteiger partial charge in [-0.3, -0.25) is 0 Å². The Morgan fingerprint density at radius 1 is 0.250 bits per heavy atom. The highest BCUT2D eigenvalue weighted by molar-refractivity contribution is 6.15. The third kappa shape index (κ3) is 6.65. The molecule has 68 heavy (non-hydrogen) atoms. The first-order valence-corrected chi connectivity index (χ1v) is 23.4. The summed E-state index contributed by atoms with van der Waals surface area (Å²) < 4.78 is 2.47. The van der Waals surface area contributed by atoms with E-state index < -0.39 is 0 Å². The van der Waals surface area contributed by atoms with E-state index in [1.807, 2.05) is 0 Å². The number of fused-ring (bicyclic) bond motifs is 7. The van der Waals surface area contributed by atoms with E-state index in [0.29, 0.717) is 0 Å². The van der Waals surface area contributed by atoms with Gasteiger partial charge in [-0.2, -0.15) is 0 Å². The Labute approximate surface area is 395 Å². The fourth-order valence-corrected chi connectivity index (χ4v) is 10.6. The summed E-state index contributed by atoms with van der Waals surface area (Å²) in [5, 5.41) is 9.97. The first-order chi connectivity index (χ1) is 33.7. The van der Waals surface area contributed by atoms with Crippen LogP contribution in [0.5, 0.6) is 0 Å². The molecule has 12 aromatic carbocycles. The predicted octanol–water partition coefficient (Wildman–Crippen LogP) is 18.4. The summed E-state index contributed by atoms with van der Waals surface area (Å²) in [5.74, 6) is 0. The lowest BCUT2D eigenvalue weighted by molar-refractivity contribution is 1.18. The average molecular weight is 865 g/mol. The number of hydrogen-bond donors (Lipinski definition) is 0. The number of aromatic nitrogens is 1. The molecule has 1 aromatic heterocycles. The van der Waals surface area contributed by atoms with E-state index in [9.17, 15) is 0 Å². The van der Waals surface area contributed by atoms with Crippen LogP contribution in [0.2, 0.25) is 0 Å². The quantitative estimate of drug-likeness (QED) is 0.138. The maximum Gasteiger partial charge on any atom is 0.0547 e. The third-order valence-corrected chi connectivity index (χ3v) is 13.8. The van der Waals surface area contributed by atoms with Crippen molar-refractivity contribution in [3.05, 3.63) is 267 Å². The second-order valence-electron chi connectivity index (χ2n) is 17.6. The normalized spacial score (nSPS) is 11.5. The van der Waals surface area contributed by atoms with Crippen molar-refractivity contribution in [2.75, 3.05) is 4.90 Å². The van der Waals surface area contributed by atoms with Crippen molar-refractivity contribution < 1.29 is 0 Å². The lowest BCUT2D eigenvalue weighted by Gasteiger charge is -2.31. The van der Waals surface area contributed by atoms with Gasteiger partial charge in [0.25, 0.3) is 0 Å². The van der Waals surface area contributed by atoms with Crippen molar-refractivity contribution >= 4 is 71.2 Å². The fraction of sp³-hybridized carbons (Fsp3) is 0. The van der Waals surface area contributed by atoms with Gasteiger partial charge in [0.2, 0.25) is 0 Å². The van der Waals surface area contributed by atoms with E-state index in [2.05, 4.69) is 276 Å². The topological polar surface area (TPSA) is 8.17 Å². The Morgan fingerprint density at radius 3 is 1.57 bits per heavy atom. The van der Waals surface area contributed by atoms with Gasteiger partial charge in [-0.15, -0.1) is 0 Å². The molecule has 0 unspecified atom stereocenters. The molecule has 13 rings (SSSR count). The molecule has 318 valence electrons. The zero-order valence-electron chi connectivity index (χ0n) is 37.3. The zero-order valence-corrected chi connectivity index (χ0v) is 37.3. The van der Waals surface area contributed by atoms with Crippen LogP contribution in [0.15, 0.2) is 267 Å². The molecule has 2 heteroatoms. The number of anilines is 3. The molecule has 2 nitrogen and oxygen atoms in total. The second kappa shape index (κ2) is 16.5. The second-order valence-corrected chi connectivity index (χ2v) is 17.6. The molecular weight excluding hydrogens is 821 g/mol. The van der Waals surface area contributed by atoms with Crippen molar-refractivity contribution in [1.82, 2.24) is 4.57 Å². The van der Waals surface area contributed by atoms with Gasteiger partial charge in [-0.1, -0.05) is 206 Å². The number of hydrogen-bond acceptors (Lipinski definition) is 1. The Bertz CT molecular complexity index is 4020. The van der Waals surface area contributed by atoms with Gasteiger partial charge >= 0.3 is 0 Å². The van der Waals surface area contributed by atoms with Crippen LogP contribution in [0, 0.1) is 0 Å². The average Bonchev–Trinajstić information content (AvgIpc) is 3.73. The SMILES string of the molecule is c1ccc(-c2ccc(N(c3ccc(-c4cc5ccccc5c5ccccc45)cc3)c3ccccc3-c3ccccc3-n3c4ccccc4c4cc5ccccc5cc43)c(-c3ccccc3)c2)cc1. The lowest BCUT2D eigenvalue weighted by atomic mass is 9.93. The van der Waals surface area contributed by atoms with Crippen LogP contribution in [0.4, 0.5) is 17.1 Å². The van der Waals surface area contributed by atoms with E-state index in [4.69, 9.17) is 0 Å². The fourth-order valence-electron chi connectivity index (χ4n) is 10.6. The number of para-hydroxylation sites is 3. The highest BCUT2D eigenvalue weighted by Gasteiger charge is 2.24. The summed E-state index contributed by atoms with van der Waals surface area (Å²) in [6.45, 7) is 0. The smallest absolute Gasteiger partial charge is 0.0547 e. The summed E-state index contributed by atoms with van der Waals surface area (Å²) >= 11 is 0. The lowest BCUT2D eigenvalue weighted by Crippen LogP contribution is -2.13. The van der Waals surface area contributed by atoms with Crippen molar-refractivity contribution in [3.8, 4) is 50.2 Å². The van der Waals surface area contributed by atoms with Crippen molar-refractivity contribution in [2.45, 2.75) is 0 Å². The van der Waals surface area contributed by atoms with Gasteiger partial charge in [0.15, 0.2) is 0 Å². The maximum atomic E-state index is 2.48. The molecule has 0 fully saturated rings. The molecule has 0 bridgehead atoms. The van der Waals surface area contributed by atoms with Gasteiger partial charge in [0.1, 0.15) is 0 Å². The van der Waals surface area contributed by atoms with Gasteiger partial charge in [0, 0.05) is 33.2 Å². The summed E-state index contributed by atoms with van der Waals surface area (Å²) in [4.78, 5) is 2.48. The van der Waals surface area contributed by atoms with Crippen LogP contribution >= 0.6 is 0 Å². The highest BCUT2D eigenvalue weighted by atomic mass is 15.1. The van der Waals surface area contributed by atoms with Crippen molar-refractivity contribution in [3.63, 3.8) is 0 Å². The third-order valence-electron chi connectivity index (χ3n) is 13.8. The molecule has 1 heterocycles. The molecule has 0 aliphatic carbocycles. The van der Waals surface area contributed by atoms with E-state index >= 15 is 0 Å². The van der Waals surface area contributed by atoms with E-state index in [1.54, 1.807) is 0 Å². The molecule has 0 radical (unpaired) electrons. The van der Waals surface area contributed by atoms with Crippen LogP contribution in [0.25, 0.3) is 104 Å². The Hall–Kier alpha value is -8.98. The Kier molecular flexibility index (Phi) is 9.54. The molecule has 0 spiro atoms. The zero-order chi connectivity index (χ0) is 45.0. The van der Waals surface area contributed by atoms with Gasteiger partial charge in [0.05, 0.1) is 28.1 Å².